The van der Waals surface area contributed by atoms with Gasteiger partial charge in [-0.15, -0.1) is 0 Å². The fourth-order valence-corrected chi connectivity index (χ4v) is 0.797. The van der Waals surface area contributed by atoms with Crippen molar-refractivity contribution in [1.82, 2.24) is 0 Å². The Hall–Kier alpha value is -0.580. The molecule has 0 aliphatic rings. The van der Waals surface area contributed by atoms with E-state index >= 15 is 0 Å². The summed E-state index contributed by atoms with van der Waals surface area (Å²) in [4.78, 5) is 0. The molecule has 0 heterocycles. The first-order valence-corrected chi connectivity index (χ1v) is 5.91. The Balaban J connectivity index is 0. The summed E-state index contributed by atoms with van der Waals surface area (Å²) in [5, 5.41) is 6.68. The number of hydrogen-bond acceptors (Lipinski definition) is 2. The minimum Gasteiger partial charge on any atom is -0.379 e. The molecule has 0 saturated carbocycles. The van der Waals surface area contributed by atoms with Crippen LogP contribution in [-0.2, 0) is 4.74 Å². The average Bonchev–Trinajstić information content (AvgIpc) is 2.26. The van der Waals surface area contributed by atoms with Crippen molar-refractivity contribution in [2.45, 2.75) is 59.0 Å². The molecule has 0 radical (unpaired) electrons. The maximum Gasteiger partial charge on any atom is 0.280 e. The van der Waals surface area contributed by atoms with Gasteiger partial charge in [0.15, 0.2) is 6.67 Å². The fraction of sp³-hybridized carbons (Fsp3) is 0.923. The van der Waals surface area contributed by atoms with Gasteiger partial charge >= 0.3 is 0 Å². The summed E-state index contributed by atoms with van der Waals surface area (Å²) in [5.41, 5.74) is -1.32. The Morgan fingerprint density at radius 1 is 1.11 bits per heavy atom. The van der Waals surface area contributed by atoms with E-state index in [0.717, 1.165) is 6.21 Å². The van der Waals surface area contributed by atoms with Gasteiger partial charge in [0.05, 0.1) is 5.60 Å². The Labute approximate surface area is 108 Å². The van der Waals surface area contributed by atoms with Crippen LogP contribution in [0.5, 0.6) is 0 Å². The molecule has 5 heteroatoms. The van der Waals surface area contributed by atoms with Crippen molar-refractivity contribution in [3.05, 3.63) is 0 Å². The summed E-state index contributed by atoms with van der Waals surface area (Å²) < 4.78 is 42.4. The molecule has 2 nitrogen and oxygen atoms in total. The predicted octanol–water partition coefficient (Wildman–Crippen LogP) is 4.48. The molecule has 18 heavy (non-hydrogen) atoms. The predicted molar refractivity (Wildman–Crippen MR) is 69.5 cm³/mol. The highest BCUT2D eigenvalue weighted by molar-refractivity contribution is 5.52. The van der Waals surface area contributed by atoms with E-state index in [-0.39, 0.29) is 18.4 Å². The lowest BCUT2D eigenvalue weighted by Gasteiger charge is -2.31. The van der Waals surface area contributed by atoms with Crippen molar-refractivity contribution < 1.29 is 17.9 Å². The van der Waals surface area contributed by atoms with Gasteiger partial charge in [-0.25, -0.2) is 13.2 Å². The molecule has 0 atom stereocenters. The van der Waals surface area contributed by atoms with Gasteiger partial charge in [0.2, 0.25) is 0 Å². The summed E-state index contributed by atoms with van der Waals surface area (Å²) in [6.07, 6.45) is 1.46. The van der Waals surface area contributed by atoms with Crippen LogP contribution in [-0.4, -0.2) is 31.5 Å². The first-order valence-electron chi connectivity index (χ1n) is 5.91. The Bertz CT molecular complexity index is 235. The van der Waals surface area contributed by atoms with Crippen LogP contribution in [0.3, 0.4) is 0 Å². The molecule has 0 aromatic rings. The second kappa shape index (κ2) is 7.77. The smallest absolute Gasteiger partial charge is 0.280 e. The van der Waals surface area contributed by atoms with Crippen molar-refractivity contribution in [3.8, 4) is 0 Å². The van der Waals surface area contributed by atoms with Gasteiger partial charge < -0.3 is 10.1 Å². The largest absolute Gasteiger partial charge is 0.379 e. The van der Waals surface area contributed by atoms with Crippen molar-refractivity contribution >= 4 is 6.21 Å². The summed E-state index contributed by atoms with van der Waals surface area (Å²) in [7, 11) is 1.71. The van der Waals surface area contributed by atoms with Gasteiger partial charge in [0.25, 0.3) is 5.92 Å². The molecule has 0 unspecified atom stereocenters. The molecule has 0 spiro atoms. The molecule has 0 aliphatic carbocycles. The van der Waals surface area contributed by atoms with Crippen molar-refractivity contribution in [2.24, 2.45) is 5.41 Å². The van der Waals surface area contributed by atoms with Gasteiger partial charge in [0, 0.05) is 12.5 Å². The van der Waals surface area contributed by atoms with E-state index < -0.39 is 18.0 Å². The number of alkyl halides is 3. The normalized spacial score (nSPS) is 12.7. The molecular formula is C13H26F3NO. The minimum absolute atomic E-state index is 0.0417. The second-order valence-corrected chi connectivity index (χ2v) is 5.78. The van der Waals surface area contributed by atoms with Crippen molar-refractivity contribution in [3.63, 3.8) is 0 Å². The van der Waals surface area contributed by atoms with E-state index in [1.54, 1.807) is 7.11 Å². The molecule has 110 valence electrons. The van der Waals surface area contributed by atoms with Crippen LogP contribution in [0, 0.1) is 10.8 Å². The number of halogens is 3. The molecule has 1 N–H and O–H groups in total. The van der Waals surface area contributed by atoms with Crippen LogP contribution in [0.15, 0.2) is 0 Å². The molecule has 0 aromatic carbocycles. The Morgan fingerprint density at radius 2 is 1.50 bits per heavy atom. The third-order valence-corrected chi connectivity index (χ3v) is 2.68. The lowest BCUT2D eigenvalue weighted by Crippen LogP contribution is -2.38. The third kappa shape index (κ3) is 8.50. The molecule has 0 amide bonds. The molecule has 0 fully saturated rings. The van der Waals surface area contributed by atoms with E-state index in [9.17, 15) is 13.2 Å². The summed E-state index contributed by atoms with van der Waals surface area (Å²) >= 11 is 0. The van der Waals surface area contributed by atoms with Crippen molar-refractivity contribution in [1.29, 1.82) is 5.41 Å². The zero-order chi connectivity index (χ0) is 15.0. The average molecular weight is 269 g/mol. The van der Waals surface area contributed by atoms with Gasteiger partial charge in [-0.2, -0.15) is 0 Å². The topological polar surface area (TPSA) is 33.1 Å². The Morgan fingerprint density at radius 3 is 1.72 bits per heavy atom. The number of methoxy groups -OCH3 is 1. The van der Waals surface area contributed by atoms with Crippen LogP contribution < -0.4 is 0 Å². The van der Waals surface area contributed by atoms with Crippen LogP contribution >= 0.6 is 0 Å². The third-order valence-electron chi connectivity index (χ3n) is 2.68. The van der Waals surface area contributed by atoms with E-state index in [2.05, 4.69) is 0 Å². The van der Waals surface area contributed by atoms with E-state index in [1.165, 1.54) is 13.8 Å². The van der Waals surface area contributed by atoms with Crippen LogP contribution in [0.1, 0.15) is 47.5 Å². The first kappa shape index (κ1) is 19.8. The van der Waals surface area contributed by atoms with Crippen molar-refractivity contribution in [2.75, 3.05) is 13.8 Å². The lowest BCUT2D eigenvalue weighted by molar-refractivity contribution is -0.122. The fourth-order valence-electron chi connectivity index (χ4n) is 0.797. The molecule has 0 aliphatic heterocycles. The van der Waals surface area contributed by atoms with Crippen LogP contribution in [0.4, 0.5) is 13.2 Å². The van der Waals surface area contributed by atoms with E-state index in [0.29, 0.717) is 0 Å². The highest BCUT2D eigenvalue weighted by Gasteiger charge is 2.45. The Kier molecular flexibility index (Phi) is 8.52. The maximum atomic E-state index is 12.8. The van der Waals surface area contributed by atoms with E-state index in [4.69, 9.17) is 10.1 Å². The summed E-state index contributed by atoms with van der Waals surface area (Å²) in [6, 6.07) is 0. The zero-order valence-corrected chi connectivity index (χ0v) is 12.2. The van der Waals surface area contributed by atoms with Gasteiger partial charge in [-0.05, 0) is 39.8 Å². The second-order valence-electron chi connectivity index (χ2n) is 5.78. The maximum absolute atomic E-state index is 12.8. The molecule has 0 saturated heterocycles. The minimum atomic E-state index is -3.28. The monoisotopic (exact) mass is 269 g/mol. The zero-order valence-electron chi connectivity index (χ0n) is 12.2. The number of ether oxygens (including phenoxy) is 1. The van der Waals surface area contributed by atoms with E-state index in [1.807, 2.05) is 20.8 Å². The van der Waals surface area contributed by atoms with Crippen LogP contribution in [0.2, 0.25) is 0 Å². The van der Waals surface area contributed by atoms with Crippen LogP contribution in [0.25, 0.3) is 0 Å². The SMILES string of the molecule is CC(C)(CCC=N)C(F)(F)CF.COC(C)(C)C. The van der Waals surface area contributed by atoms with Gasteiger partial charge in [0.1, 0.15) is 0 Å². The highest BCUT2D eigenvalue weighted by Crippen LogP contribution is 2.39. The first-order chi connectivity index (χ1) is 7.93. The number of nitrogens with one attached hydrogen (secondary N) is 1. The molecular weight excluding hydrogens is 243 g/mol. The van der Waals surface area contributed by atoms with Gasteiger partial charge in [-0.3, -0.25) is 0 Å². The molecule has 0 aromatic heterocycles. The number of hydrogen-bond donors (Lipinski definition) is 1. The molecule has 0 rings (SSSR count). The molecule has 0 bridgehead atoms. The lowest BCUT2D eigenvalue weighted by atomic mass is 9.82. The number of rotatable bonds is 5. The summed E-state index contributed by atoms with van der Waals surface area (Å²) in [6.45, 7) is 7.07. The summed E-state index contributed by atoms with van der Waals surface area (Å²) in [5.74, 6) is -3.28. The highest BCUT2D eigenvalue weighted by atomic mass is 19.3. The van der Waals surface area contributed by atoms with Gasteiger partial charge in [-0.1, -0.05) is 13.8 Å². The quantitative estimate of drug-likeness (QED) is 0.733. The standard InChI is InChI=1S/C8H14F3N.C5H12O/c1-7(2,4-3-5-12)8(10,11)6-9;1-5(2,3)6-4/h5,12H,3-4,6H2,1-2H3;1-4H3.